The van der Waals surface area contributed by atoms with Gasteiger partial charge in [-0.3, -0.25) is 9.59 Å². The van der Waals surface area contributed by atoms with E-state index in [2.05, 4.69) is 10.1 Å². The minimum atomic E-state index is -2.96. The molecule has 3 N–H and O–H groups in total. The second-order valence-electron chi connectivity index (χ2n) is 5.28. The number of carbonyl (C=O) groups excluding carboxylic acids is 2. The highest BCUT2D eigenvalue weighted by Gasteiger charge is 2.11. The predicted molar refractivity (Wildman–Crippen MR) is 96.9 cm³/mol. The van der Waals surface area contributed by atoms with Crippen LogP contribution in [0.25, 0.3) is 6.08 Å². The SMILES string of the molecule is CCOc1cc(C=CC(=O)Nc2ccc(C(N)=O)cc2)ccc1OC(F)F. The van der Waals surface area contributed by atoms with E-state index in [1.807, 2.05) is 0 Å². The number of primary amides is 1. The Balaban J connectivity index is 2.06. The first-order valence-corrected chi connectivity index (χ1v) is 7.99. The van der Waals surface area contributed by atoms with Crippen LogP contribution in [0.3, 0.4) is 0 Å². The molecular formula is C19H18F2N2O4. The van der Waals surface area contributed by atoms with Crippen LogP contribution < -0.4 is 20.5 Å². The number of carbonyl (C=O) groups is 2. The largest absolute Gasteiger partial charge is 0.490 e. The van der Waals surface area contributed by atoms with Crippen LogP contribution in [0.5, 0.6) is 11.5 Å². The smallest absolute Gasteiger partial charge is 0.387 e. The molecule has 0 spiro atoms. The Morgan fingerprint density at radius 2 is 1.85 bits per heavy atom. The fourth-order valence-electron chi connectivity index (χ4n) is 2.16. The fraction of sp³-hybridized carbons (Fsp3) is 0.158. The molecule has 0 heterocycles. The van der Waals surface area contributed by atoms with Crippen LogP contribution in [-0.2, 0) is 4.79 Å². The summed E-state index contributed by atoms with van der Waals surface area (Å²) in [5, 5.41) is 2.62. The van der Waals surface area contributed by atoms with Crippen molar-refractivity contribution in [1.29, 1.82) is 0 Å². The molecule has 0 fully saturated rings. The predicted octanol–water partition coefficient (Wildman–Crippen LogP) is 3.44. The summed E-state index contributed by atoms with van der Waals surface area (Å²) >= 11 is 0. The molecule has 0 aliphatic carbocycles. The Morgan fingerprint density at radius 1 is 1.15 bits per heavy atom. The maximum Gasteiger partial charge on any atom is 0.387 e. The Morgan fingerprint density at radius 3 is 2.44 bits per heavy atom. The van der Waals surface area contributed by atoms with Gasteiger partial charge in [0.05, 0.1) is 6.61 Å². The van der Waals surface area contributed by atoms with Crippen molar-refractivity contribution in [1.82, 2.24) is 0 Å². The zero-order valence-electron chi connectivity index (χ0n) is 14.4. The third-order valence-corrected chi connectivity index (χ3v) is 3.35. The number of nitrogens with two attached hydrogens (primary N) is 1. The van der Waals surface area contributed by atoms with E-state index >= 15 is 0 Å². The molecule has 0 aliphatic rings. The van der Waals surface area contributed by atoms with E-state index < -0.39 is 18.4 Å². The zero-order valence-corrected chi connectivity index (χ0v) is 14.4. The number of benzene rings is 2. The summed E-state index contributed by atoms with van der Waals surface area (Å²) in [6, 6.07) is 10.5. The first-order valence-electron chi connectivity index (χ1n) is 7.99. The highest BCUT2D eigenvalue weighted by Crippen LogP contribution is 2.30. The first kappa shape index (κ1) is 19.9. The first-order chi connectivity index (χ1) is 12.9. The zero-order chi connectivity index (χ0) is 19.8. The van der Waals surface area contributed by atoms with Gasteiger partial charge in [0.2, 0.25) is 11.8 Å². The summed E-state index contributed by atoms with van der Waals surface area (Å²) in [5.41, 5.74) is 6.54. The van der Waals surface area contributed by atoms with Crippen LogP contribution in [0.4, 0.5) is 14.5 Å². The van der Waals surface area contributed by atoms with Gasteiger partial charge in [-0.2, -0.15) is 8.78 Å². The Hall–Kier alpha value is -3.42. The van der Waals surface area contributed by atoms with E-state index in [9.17, 15) is 18.4 Å². The standard InChI is InChI=1S/C19H18F2N2O4/c1-2-26-16-11-12(3-9-15(16)27-19(20)21)4-10-17(24)23-14-7-5-13(6-8-14)18(22)25/h3-11,19H,2H2,1H3,(H2,22,25)(H,23,24). The average molecular weight is 376 g/mol. The van der Waals surface area contributed by atoms with Gasteiger partial charge < -0.3 is 20.5 Å². The van der Waals surface area contributed by atoms with Crippen molar-refractivity contribution in [3.63, 3.8) is 0 Å². The van der Waals surface area contributed by atoms with Crippen molar-refractivity contribution in [2.24, 2.45) is 5.73 Å². The van der Waals surface area contributed by atoms with Crippen LogP contribution in [0.15, 0.2) is 48.5 Å². The van der Waals surface area contributed by atoms with E-state index in [0.29, 0.717) is 16.8 Å². The lowest BCUT2D eigenvalue weighted by Gasteiger charge is -2.11. The van der Waals surface area contributed by atoms with Gasteiger partial charge in [0, 0.05) is 17.3 Å². The average Bonchev–Trinajstić information content (AvgIpc) is 2.62. The number of amides is 2. The molecule has 0 unspecified atom stereocenters. The number of nitrogens with one attached hydrogen (secondary N) is 1. The van der Waals surface area contributed by atoms with Crippen LogP contribution in [0, 0.1) is 0 Å². The molecule has 2 aromatic rings. The summed E-state index contributed by atoms with van der Waals surface area (Å²) < 4.78 is 34.5. The van der Waals surface area contributed by atoms with Crippen molar-refractivity contribution >= 4 is 23.6 Å². The van der Waals surface area contributed by atoms with Crippen LogP contribution in [-0.4, -0.2) is 25.0 Å². The van der Waals surface area contributed by atoms with Crippen molar-refractivity contribution in [2.45, 2.75) is 13.5 Å². The summed E-state index contributed by atoms with van der Waals surface area (Å²) in [6.45, 7) is -0.975. The van der Waals surface area contributed by atoms with E-state index in [1.165, 1.54) is 42.5 Å². The molecular weight excluding hydrogens is 358 g/mol. The molecule has 0 saturated heterocycles. The third kappa shape index (κ3) is 6.10. The molecule has 0 aliphatic heterocycles. The van der Waals surface area contributed by atoms with Crippen LogP contribution in [0.1, 0.15) is 22.8 Å². The number of anilines is 1. The van der Waals surface area contributed by atoms with Gasteiger partial charge in [0.15, 0.2) is 11.5 Å². The Labute approximate surface area is 154 Å². The van der Waals surface area contributed by atoms with E-state index in [-0.39, 0.29) is 18.1 Å². The molecule has 27 heavy (non-hydrogen) atoms. The normalized spacial score (nSPS) is 10.8. The number of halogens is 2. The summed E-state index contributed by atoms with van der Waals surface area (Å²) in [6.07, 6.45) is 2.78. The lowest BCUT2D eigenvalue weighted by atomic mass is 10.1. The second-order valence-corrected chi connectivity index (χ2v) is 5.28. The highest BCUT2D eigenvalue weighted by atomic mass is 19.3. The highest BCUT2D eigenvalue weighted by molar-refractivity contribution is 6.02. The molecule has 0 saturated carbocycles. The second kappa shape index (κ2) is 9.33. The molecule has 6 nitrogen and oxygen atoms in total. The van der Waals surface area contributed by atoms with Crippen molar-refractivity contribution in [3.8, 4) is 11.5 Å². The van der Waals surface area contributed by atoms with Gasteiger partial charge in [0.25, 0.3) is 0 Å². The topological polar surface area (TPSA) is 90.6 Å². The number of hydrogen-bond acceptors (Lipinski definition) is 4. The number of alkyl halides is 2. The van der Waals surface area contributed by atoms with Crippen LogP contribution in [0.2, 0.25) is 0 Å². The molecule has 8 heteroatoms. The van der Waals surface area contributed by atoms with E-state index in [4.69, 9.17) is 10.5 Å². The maximum absolute atomic E-state index is 12.4. The molecule has 0 radical (unpaired) electrons. The van der Waals surface area contributed by atoms with E-state index in [0.717, 1.165) is 0 Å². The lowest BCUT2D eigenvalue weighted by Crippen LogP contribution is -2.11. The number of hydrogen-bond donors (Lipinski definition) is 2. The molecule has 0 atom stereocenters. The Kier molecular flexibility index (Phi) is 6.87. The fourth-order valence-corrected chi connectivity index (χ4v) is 2.16. The van der Waals surface area contributed by atoms with Gasteiger partial charge in [-0.1, -0.05) is 6.07 Å². The van der Waals surface area contributed by atoms with Gasteiger partial charge in [-0.25, -0.2) is 0 Å². The molecule has 0 aromatic heterocycles. The molecule has 2 aromatic carbocycles. The third-order valence-electron chi connectivity index (χ3n) is 3.35. The van der Waals surface area contributed by atoms with Gasteiger partial charge >= 0.3 is 6.61 Å². The quantitative estimate of drug-likeness (QED) is 0.691. The van der Waals surface area contributed by atoms with Crippen LogP contribution >= 0.6 is 0 Å². The van der Waals surface area contributed by atoms with Crippen molar-refractivity contribution in [2.75, 3.05) is 11.9 Å². The molecule has 2 rings (SSSR count). The van der Waals surface area contributed by atoms with Gasteiger partial charge in [-0.05, 0) is 55.0 Å². The molecule has 0 bridgehead atoms. The summed E-state index contributed by atoms with van der Waals surface area (Å²) in [5.74, 6) is -0.893. The molecule has 2 amide bonds. The van der Waals surface area contributed by atoms with Crippen molar-refractivity contribution < 1.29 is 27.8 Å². The van der Waals surface area contributed by atoms with Gasteiger partial charge in [0.1, 0.15) is 0 Å². The summed E-state index contributed by atoms with van der Waals surface area (Å²) in [7, 11) is 0. The van der Waals surface area contributed by atoms with E-state index in [1.54, 1.807) is 19.1 Å². The van der Waals surface area contributed by atoms with Crippen molar-refractivity contribution in [3.05, 3.63) is 59.7 Å². The van der Waals surface area contributed by atoms with Gasteiger partial charge in [-0.15, -0.1) is 0 Å². The minimum absolute atomic E-state index is 0.0806. The molecule has 142 valence electrons. The summed E-state index contributed by atoms with van der Waals surface area (Å²) in [4.78, 5) is 23.0. The minimum Gasteiger partial charge on any atom is -0.490 e. The maximum atomic E-state index is 12.4. The monoisotopic (exact) mass is 376 g/mol. The number of rotatable bonds is 8. The Bertz CT molecular complexity index is 836. The number of ether oxygens (including phenoxy) is 2. The lowest BCUT2D eigenvalue weighted by molar-refractivity contribution is -0.111.